The third kappa shape index (κ3) is 4.06. The molecular weight excluding hydrogens is 312 g/mol. The van der Waals surface area contributed by atoms with E-state index in [1.807, 2.05) is 0 Å². The van der Waals surface area contributed by atoms with Gasteiger partial charge < -0.3 is 14.8 Å². The number of furan rings is 1. The molecule has 116 valence electrons. The molecule has 1 amide bonds. The second-order valence-electron chi connectivity index (χ2n) is 4.54. The van der Waals surface area contributed by atoms with Crippen LogP contribution in [-0.4, -0.2) is 22.5 Å². The molecule has 0 fully saturated rings. The van der Waals surface area contributed by atoms with Crippen LogP contribution in [0.2, 0.25) is 5.02 Å². The van der Waals surface area contributed by atoms with E-state index in [9.17, 15) is 20.0 Å². The Morgan fingerprint density at radius 1 is 1.45 bits per heavy atom. The van der Waals surface area contributed by atoms with Gasteiger partial charge in [0.25, 0.3) is 5.69 Å². The van der Waals surface area contributed by atoms with Gasteiger partial charge in [0.05, 0.1) is 29.2 Å². The fraction of sp³-hybridized carbons (Fsp3) is 0.214. The molecule has 1 heterocycles. The lowest BCUT2D eigenvalue weighted by atomic mass is 10.1. The van der Waals surface area contributed by atoms with Gasteiger partial charge in [-0.15, -0.1) is 0 Å². The topological polar surface area (TPSA) is 106 Å². The SMILES string of the molecule is O=C(Cc1ccc([N+](=O)[O-])cc1Cl)NCC(O)c1ccco1. The maximum Gasteiger partial charge on any atom is 0.270 e. The Morgan fingerprint density at radius 2 is 2.23 bits per heavy atom. The van der Waals surface area contributed by atoms with Crippen molar-refractivity contribution < 1.29 is 19.2 Å². The number of rotatable bonds is 6. The molecule has 22 heavy (non-hydrogen) atoms. The summed E-state index contributed by atoms with van der Waals surface area (Å²) in [6.07, 6.45) is 0.449. The highest BCUT2D eigenvalue weighted by Gasteiger charge is 2.14. The molecule has 0 aliphatic rings. The summed E-state index contributed by atoms with van der Waals surface area (Å²) in [6.45, 7) is -0.00303. The summed E-state index contributed by atoms with van der Waals surface area (Å²) < 4.78 is 5.01. The van der Waals surface area contributed by atoms with Gasteiger partial charge in [-0.3, -0.25) is 14.9 Å². The summed E-state index contributed by atoms with van der Waals surface area (Å²) in [5.41, 5.74) is 0.333. The molecule has 0 radical (unpaired) electrons. The second kappa shape index (κ2) is 7.06. The van der Waals surface area contributed by atoms with Crippen LogP contribution in [0, 0.1) is 10.1 Å². The molecule has 0 saturated heterocycles. The van der Waals surface area contributed by atoms with Crippen LogP contribution in [0.1, 0.15) is 17.4 Å². The van der Waals surface area contributed by atoms with E-state index in [1.54, 1.807) is 12.1 Å². The van der Waals surface area contributed by atoms with Crippen LogP contribution in [0.3, 0.4) is 0 Å². The summed E-state index contributed by atoms with van der Waals surface area (Å²) in [5.74, 6) is -0.00460. The molecule has 2 N–H and O–H groups in total. The van der Waals surface area contributed by atoms with E-state index < -0.39 is 11.0 Å². The molecule has 8 heteroatoms. The van der Waals surface area contributed by atoms with Crippen molar-refractivity contribution in [3.8, 4) is 0 Å². The highest BCUT2D eigenvalue weighted by Crippen LogP contribution is 2.22. The summed E-state index contributed by atoms with van der Waals surface area (Å²) in [7, 11) is 0. The number of nitrogens with one attached hydrogen (secondary N) is 1. The minimum atomic E-state index is -0.939. The minimum absolute atomic E-state index is 0.00303. The van der Waals surface area contributed by atoms with Gasteiger partial charge in [0.15, 0.2) is 0 Å². The van der Waals surface area contributed by atoms with Crippen LogP contribution in [-0.2, 0) is 11.2 Å². The summed E-state index contributed by atoms with van der Waals surface area (Å²) in [4.78, 5) is 21.9. The molecule has 1 aromatic carbocycles. The average molecular weight is 325 g/mol. The number of non-ortho nitro benzene ring substituents is 1. The molecule has 1 aromatic heterocycles. The van der Waals surface area contributed by atoms with Gasteiger partial charge >= 0.3 is 0 Å². The van der Waals surface area contributed by atoms with Crippen LogP contribution < -0.4 is 5.32 Å². The molecule has 0 saturated carbocycles. The van der Waals surface area contributed by atoms with E-state index in [-0.39, 0.29) is 29.6 Å². The zero-order chi connectivity index (χ0) is 16.1. The number of carbonyl (C=O) groups is 1. The van der Waals surface area contributed by atoms with E-state index >= 15 is 0 Å². The number of hydrogen-bond acceptors (Lipinski definition) is 5. The normalized spacial score (nSPS) is 11.9. The summed E-state index contributed by atoms with van der Waals surface area (Å²) in [5, 5.41) is 23.1. The first-order valence-electron chi connectivity index (χ1n) is 6.38. The molecule has 0 spiro atoms. The zero-order valence-electron chi connectivity index (χ0n) is 11.4. The minimum Gasteiger partial charge on any atom is -0.467 e. The van der Waals surface area contributed by atoms with Crippen LogP contribution in [0.25, 0.3) is 0 Å². The standard InChI is InChI=1S/C14H13ClN2O5/c15-11-7-10(17(20)21)4-3-9(11)6-14(19)16-8-12(18)13-2-1-5-22-13/h1-5,7,12,18H,6,8H2,(H,16,19). The van der Waals surface area contributed by atoms with Crippen molar-refractivity contribution in [3.05, 3.63) is 63.1 Å². The number of carbonyl (C=O) groups excluding carboxylic acids is 1. The number of benzene rings is 1. The Morgan fingerprint density at radius 3 is 2.82 bits per heavy atom. The molecule has 2 aromatic rings. The van der Waals surface area contributed by atoms with E-state index in [2.05, 4.69) is 5.32 Å². The lowest BCUT2D eigenvalue weighted by Crippen LogP contribution is -2.29. The average Bonchev–Trinajstić information content (AvgIpc) is 3.01. The first-order valence-corrected chi connectivity index (χ1v) is 6.76. The zero-order valence-corrected chi connectivity index (χ0v) is 12.1. The number of nitro groups is 1. The van der Waals surface area contributed by atoms with Gasteiger partial charge in [-0.1, -0.05) is 17.7 Å². The predicted octanol–water partition coefficient (Wildman–Crippen LogP) is 2.23. The van der Waals surface area contributed by atoms with Gasteiger partial charge in [-0.05, 0) is 17.7 Å². The van der Waals surface area contributed by atoms with Crippen LogP contribution in [0.15, 0.2) is 41.0 Å². The van der Waals surface area contributed by atoms with Crippen LogP contribution in [0.5, 0.6) is 0 Å². The van der Waals surface area contributed by atoms with Crippen molar-refractivity contribution in [3.63, 3.8) is 0 Å². The fourth-order valence-electron chi connectivity index (χ4n) is 1.82. The monoisotopic (exact) mass is 324 g/mol. The summed E-state index contributed by atoms with van der Waals surface area (Å²) >= 11 is 5.91. The smallest absolute Gasteiger partial charge is 0.270 e. The Kier molecular flexibility index (Phi) is 5.13. The molecule has 7 nitrogen and oxygen atoms in total. The first kappa shape index (κ1) is 16.0. The molecule has 2 rings (SSSR count). The van der Waals surface area contributed by atoms with Crippen molar-refractivity contribution in [2.75, 3.05) is 6.54 Å². The number of amides is 1. The third-order valence-corrected chi connectivity index (χ3v) is 3.31. The van der Waals surface area contributed by atoms with Crippen molar-refractivity contribution in [2.45, 2.75) is 12.5 Å². The molecule has 1 atom stereocenters. The van der Waals surface area contributed by atoms with Crippen molar-refractivity contribution >= 4 is 23.2 Å². The largest absolute Gasteiger partial charge is 0.467 e. The van der Waals surface area contributed by atoms with Gasteiger partial charge in [0.2, 0.25) is 5.91 Å². The molecule has 0 aliphatic heterocycles. The molecule has 0 aliphatic carbocycles. The summed E-state index contributed by atoms with van der Waals surface area (Å²) in [6, 6.07) is 7.15. The van der Waals surface area contributed by atoms with E-state index in [4.69, 9.17) is 16.0 Å². The lowest BCUT2D eigenvalue weighted by molar-refractivity contribution is -0.384. The van der Waals surface area contributed by atoms with Gasteiger partial charge in [-0.25, -0.2) is 0 Å². The van der Waals surface area contributed by atoms with Gasteiger partial charge in [0, 0.05) is 12.1 Å². The van der Waals surface area contributed by atoms with Crippen molar-refractivity contribution in [1.82, 2.24) is 5.32 Å². The highest BCUT2D eigenvalue weighted by atomic mass is 35.5. The highest BCUT2D eigenvalue weighted by molar-refractivity contribution is 6.31. The Bertz CT molecular complexity index is 672. The van der Waals surface area contributed by atoms with Crippen molar-refractivity contribution in [1.29, 1.82) is 0 Å². The molecular formula is C14H13ClN2O5. The third-order valence-electron chi connectivity index (χ3n) is 2.96. The Labute approximate surface area is 130 Å². The van der Waals surface area contributed by atoms with Crippen LogP contribution in [0.4, 0.5) is 5.69 Å². The van der Waals surface area contributed by atoms with Gasteiger partial charge in [0.1, 0.15) is 11.9 Å². The lowest BCUT2D eigenvalue weighted by Gasteiger charge is -2.10. The number of aliphatic hydroxyl groups is 1. The fourth-order valence-corrected chi connectivity index (χ4v) is 2.06. The quantitative estimate of drug-likeness (QED) is 0.626. The maximum absolute atomic E-state index is 11.8. The predicted molar refractivity (Wildman–Crippen MR) is 78.5 cm³/mol. The number of nitrogens with zero attached hydrogens (tertiary/aromatic N) is 1. The van der Waals surface area contributed by atoms with Crippen LogP contribution >= 0.6 is 11.6 Å². The number of aliphatic hydroxyl groups excluding tert-OH is 1. The van der Waals surface area contributed by atoms with E-state index in [0.717, 1.165) is 0 Å². The van der Waals surface area contributed by atoms with Gasteiger partial charge in [-0.2, -0.15) is 0 Å². The molecule has 1 unspecified atom stereocenters. The van der Waals surface area contributed by atoms with E-state index in [1.165, 1.54) is 24.5 Å². The Hall–Kier alpha value is -2.38. The molecule has 0 bridgehead atoms. The second-order valence-corrected chi connectivity index (χ2v) is 4.95. The number of hydrogen-bond donors (Lipinski definition) is 2. The number of halogens is 1. The maximum atomic E-state index is 11.8. The first-order chi connectivity index (χ1) is 10.5. The number of nitro benzene ring substituents is 1. The Balaban J connectivity index is 1.91. The van der Waals surface area contributed by atoms with Crippen molar-refractivity contribution in [2.24, 2.45) is 0 Å². The van der Waals surface area contributed by atoms with E-state index in [0.29, 0.717) is 11.3 Å².